The summed E-state index contributed by atoms with van der Waals surface area (Å²) in [6.07, 6.45) is -0.790. The highest BCUT2D eigenvalue weighted by Gasteiger charge is 2.28. The Labute approximate surface area is 91.7 Å². The molecule has 1 unspecified atom stereocenters. The van der Waals surface area contributed by atoms with E-state index in [-0.39, 0.29) is 11.8 Å². The van der Waals surface area contributed by atoms with Crippen LogP contribution in [0.4, 0.5) is 13.2 Å². The van der Waals surface area contributed by atoms with Crippen LogP contribution in [-0.4, -0.2) is 22.8 Å². The van der Waals surface area contributed by atoms with E-state index in [4.69, 9.17) is 0 Å². The number of hydrogen-bond donors (Lipinski definition) is 0. The maximum absolute atomic E-state index is 11.8. The molecule has 3 nitrogen and oxygen atoms in total. The average Bonchev–Trinajstić information content (AvgIpc) is 2.25. The molecule has 0 saturated carbocycles. The molecular weight excluding hydrogens is 221 g/mol. The number of nitrogens with zero attached hydrogens (tertiary/aromatic N) is 2. The highest BCUT2D eigenvalue weighted by molar-refractivity contribution is 5.10. The summed E-state index contributed by atoms with van der Waals surface area (Å²) in [7, 11) is 0. The molecule has 0 spiro atoms. The molecule has 1 atom stereocenters. The zero-order valence-electron chi connectivity index (χ0n) is 9.08. The van der Waals surface area contributed by atoms with Gasteiger partial charge in [0.05, 0.1) is 18.1 Å². The first kappa shape index (κ1) is 12.7. The predicted octanol–water partition coefficient (Wildman–Crippen LogP) is 2.93. The molecule has 0 aliphatic carbocycles. The second-order valence-electron chi connectivity index (χ2n) is 3.49. The lowest BCUT2D eigenvalue weighted by molar-refractivity contribution is -0.154. The van der Waals surface area contributed by atoms with Crippen molar-refractivity contribution in [1.82, 2.24) is 9.97 Å². The maximum atomic E-state index is 11.8. The van der Waals surface area contributed by atoms with Crippen LogP contribution in [0.2, 0.25) is 0 Å². The van der Waals surface area contributed by atoms with E-state index < -0.39 is 12.8 Å². The quantitative estimate of drug-likeness (QED) is 0.803. The first-order chi connectivity index (χ1) is 7.42. The number of aromatic nitrogens is 2. The third kappa shape index (κ3) is 4.04. The van der Waals surface area contributed by atoms with Crippen molar-refractivity contribution in [3.05, 3.63) is 18.1 Å². The predicted molar refractivity (Wildman–Crippen MR) is 52.3 cm³/mol. The SMILES string of the molecule is CCC(C)c1cnc(OCC(F)(F)F)cn1. The fourth-order valence-electron chi connectivity index (χ4n) is 1.02. The minimum Gasteiger partial charge on any atom is -0.467 e. The summed E-state index contributed by atoms with van der Waals surface area (Å²) >= 11 is 0. The molecule has 90 valence electrons. The fourth-order valence-corrected chi connectivity index (χ4v) is 1.02. The molecule has 0 N–H and O–H groups in total. The normalized spacial score (nSPS) is 13.6. The molecule has 1 heterocycles. The number of halogens is 3. The van der Waals surface area contributed by atoms with Gasteiger partial charge in [-0.2, -0.15) is 13.2 Å². The van der Waals surface area contributed by atoms with Crippen LogP contribution in [0.25, 0.3) is 0 Å². The van der Waals surface area contributed by atoms with Crippen molar-refractivity contribution < 1.29 is 17.9 Å². The second-order valence-corrected chi connectivity index (χ2v) is 3.49. The summed E-state index contributed by atoms with van der Waals surface area (Å²) in [6, 6.07) is 0. The molecule has 0 aliphatic heterocycles. The van der Waals surface area contributed by atoms with E-state index in [1.165, 1.54) is 12.4 Å². The molecular formula is C10H13F3N2O. The van der Waals surface area contributed by atoms with E-state index in [1.807, 2.05) is 13.8 Å². The lowest BCUT2D eigenvalue weighted by Gasteiger charge is -2.10. The number of rotatable bonds is 4. The Hall–Kier alpha value is -1.33. The van der Waals surface area contributed by atoms with Gasteiger partial charge in [-0.05, 0) is 12.3 Å². The smallest absolute Gasteiger partial charge is 0.422 e. The van der Waals surface area contributed by atoms with E-state index in [2.05, 4.69) is 14.7 Å². The molecule has 1 aromatic rings. The van der Waals surface area contributed by atoms with Gasteiger partial charge in [-0.3, -0.25) is 4.98 Å². The Balaban J connectivity index is 2.58. The molecule has 6 heteroatoms. The third-order valence-electron chi connectivity index (χ3n) is 2.15. The lowest BCUT2D eigenvalue weighted by Crippen LogP contribution is -2.19. The molecule has 16 heavy (non-hydrogen) atoms. The highest BCUT2D eigenvalue weighted by atomic mass is 19.4. The van der Waals surface area contributed by atoms with Gasteiger partial charge in [-0.1, -0.05) is 13.8 Å². The van der Waals surface area contributed by atoms with Gasteiger partial charge in [0.25, 0.3) is 0 Å². The first-order valence-electron chi connectivity index (χ1n) is 4.94. The molecule has 0 aliphatic rings. The summed E-state index contributed by atoms with van der Waals surface area (Å²) in [5.74, 6) is 0.133. The van der Waals surface area contributed by atoms with E-state index in [0.29, 0.717) is 0 Å². The van der Waals surface area contributed by atoms with E-state index >= 15 is 0 Å². The summed E-state index contributed by atoms with van der Waals surface area (Å²) in [6.45, 7) is 2.63. The Bertz CT molecular complexity index is 324. The third-order valence-corrected chi connectivity index (χ3v) is 2.15. The molecule has 0 amide bonds. The molecule has 1 rings (SSSR count). The van der Waals surface area contributed by atoms with E-state index in [0.717, 1.165) is 12.1 Å². The van der Waals surface area contributed by atoms with E-state index in [9.17, 15) is 13.2 Å². The minimum atomic E-state index is -4.35. The number of alkyl halides is 3. The van der Waals surface area contributed by atoms with Crippen molar-refractivity contribution in [2.75, 3.05) is 6.61 Å². The standard InChI is InChI=1S/C10H13F3N2O/c1-3-7(2)8-4-15-9(5-14-8)16-6-10(11,12)13/h4-5,7H,3,6H2,1-2H3. The van der Waals surface area contributed by atoms with Gasteiger partial charge in [-0.25, -0.2) is 4.98 Å². The van der Waals surface area contributed by atoms with Gasteiger partial charge >= 0.3 is 6.18 Å². The topological polar surface area (TPSA) is 35.0 Å². The molecule has 0 fully saturated rings. The molecule has 0 saturated heterocycles. The van der Waals surface area contributed by atoms with Gasteiger partial charge in [0.15, 0.2) is 6.61 Å². The molecule has 0 aromatic carbocycles. The lowest BCUT2D eigenvalue weighted by atomic mass is 10.1. The van der Waals surface area contributed by atoms with Crippen LogP contribution >= 0.6 is 0 Å². The zero-order valence-corrected chi connectivity index (χ0v) is 9.08. The van der Waals surface area contributed by atoms with Crippen molar-refractivity contribution in [2.45, 2.75) is 32.4 Å². The number of hydrogen-bond acceptors (Lipinski definition) is 3. The zero-order chi connectivity index (χ0) is 12.2. The van der Waals surface area contributed by atoms with Gasteiger partial charge in [0, 0.05) is 0 Å². The van der Waals surface area contributed by atoms with Crippen LogP contribution in [0.5, 0.6) is 5.88 Å². The van der Waals surface area contributed by atoms with Gasteiger partial charge < -0.3 is 4.74 Å². The van der Waals surface area contributed by atoms with Gasteiger partial charge in [-0.15, -0.1) is 0 Å². The van der Waals surface area contributed by atoms with Crippen molar-refractivity contribution in [3.63, 3.8) is 0 Å². The Morgan fingerprint density at radius 3 is 2.44 bits per heavy atom. The minimum absolute atomic E-state index is 0.107. The average molecular weight is 234 g/mol. The maximum Gasteiger partial charge on any atom is 0.422 e. The van der Waals surface area contributed by atoms with Gasteiger partial charge in [0.2, 0.25) is 5.88 Å². The van der Waals surface area contributed by atoms with Crippen molar-refractivity contribution in [3.8, 4) is 5.88 Å². The highest BCUT2D eigenvalue weighted by Crippen LogP contribution is 2.18. The van der Waals surface area contributed by atoms with Crippen LogP contribution in [0.1, 0.15) is 31.9 Å². The van der Waals surface area contributed by atoms with Crippen LogP contribution in [0.3, 0.4) is 0 Å². The first-order valence-corrected chi connectivity index (χ1v) is 4.94. The summed E-state index contributed by atoms with van der Waals surface area (Å²) in [5, 5.41) is 0. The summed E-state index contributed by atoms with van der Waals surface area (Å²) in [5.41, 5.74) is 0.752. The second kappa shape index (κ2) is 5.14. The Morgan fingerprint density at radius 2 is 2.00 bits per heavy atom. The fraction of sp³-hybridized carbons (Fsp3) is 0.600. The van der Waals surface area contributed by atoms with Crippen LogP contribution in [0.15, 0.2) is 12.4 Å². The van der Waals surface area contributed by atoms with E-state index in [1.54, 1.807) is 0 Å². The monoisotopic (exact) mass is 234 g/mol. The largest absolute Gasteiger partial charge is 0.467 e. The summed E-state index contributed by atoms with van der Waals surface area (Å²) in [4.78, 5) is 7.76. The summed E-state index contributed by atoms with van der Waals surface area (Å²) < 4.78 is 39.9. The molecule has 0 radical (unpaired) electrons. The van der Waals surface area contributed by atoms with Crippen molar-refractivity contribution in [1.29, 1.82) is 0 Å². The van der Waals surface area contributed by atoms with Gasteiger partial charge in [0.1, 0.15) is 0 Å². The van der Waals surface area contributed by atoms with Crippen LogP contribution in [0, 0.1) is 0 Å². The van der Waals surface area contributed by atoms with Crippen LogP contribution in [-0.2, 0) is 0 Å². The van der Waals surface area contributed by atoms with Crippen LogP contribution < -0.4 is 4.74 Å². The van der Waals surface area contributed by atoms with Crippen molar-refractivity contribution >= 4 is 0 Å². The number of ether oxygens (including phenoxy) is 1. The van der Waals surface area contributed by atoms with Crippen molar-refractivity contribution in [2.24, 2.45) is 0 Å². The Kier molecular flexibility index (Phi) is 4.09. The molecule has 0 bridgehead atoms. The molecule has 1 aromatic heterocycles. The Morgan fingerprint density at radius 1 is 1.31 bits per heavy atom.